The van der Waals surface area contributed by atoms with Gasteiger partial charge in [0.2, 0.25) is 11.1 Å². The second-order valence-corrected chi connectivity index (χ2v) is 6.18. The smallest absolute Gasteiger partial charge is 0.321 e. The van der Waals surface area contributed by atoms with Gasteiger partial charge >= 0.3 is 6.03 Å². The average Bonchev–Trinajstić information content (AvgIpc) is 3.02. The molecule has 1 heterocycles. The van der Waals surface area contributed by atoms with Crippen molar-refractivity contribution >= 4 is 23.7 Å². The summed E-state index contributed by atoms with van der Waals surface area (Å²) in [4.78, 5) is 23.2. The van der Waals surface area contributed by atoms with E-state index in [0.717, 1.165) is 17.7 Å². The number of tetrazole rings is 1. The maximum atomic E-state index is 11.8. The van der Waals surface area contributed by atoms with E-state index in [2.05, 4.69) is 26.2 Å². The van der Waals surface area contributed by atoms with Gasteiger partial charge in [-0.2, -0.15) is 4.68 Å². The number of urea groups is 1. The fourth-order valence-corrected chi connectivity index (χ4v) is 2.55. The first-order valence-electron chi connectivity index (χ1n) is 7.57. The molecule has 0 aliphatic heterocycles. The number of hydrogen-bond donors (Lipinski definition) is 2. The second kappa shape index (κ2) is 8.44. The minimum Gasteiger partial charge on any atom is -0.338 e. The average molecular weight is 348 g/mol. The topological polar surface area (TPSA) is 102 Å². The number of nitrogens with one attached hydrogen (secondary N) is 2. The Morgan fingerprint density at radius 2 is 2.04 bits per heavy atom. The van der Waals surface area contributed by atoms with Crippen LogP contribution in [-0.4, -0.2) is 44.4 Å². The molecule has 1 aromatic carbocycles. The van der Waals surface area contributed by atoms with Gasteiger partial charge in [0, 0.05) is 6.54 Å². The molecule has 0 saturated carbocycles. The number of hydrogen-bond acceptors (Lipinski definition) is 6. The Morgan fingerprint density at radius 3 is 2.75 bits per heavy atom. The van der Waals surface area contributed by atoms with Gasteiger partial charge in [0.05, 0.1) is 11.4 Å². The Balaban J connectivity index is 1.97. The molecule has 0 radical (unpaired) electrons. The first-order valence-corrected chi connectivity index (χ1v) is 8.56. The summed E-state index contributed by atoms with van der Waals surface area (Å²) < 4.78 is 1.57. The lowest BCUT2D eigenvalue weighted by molar-refractivity contribution is -0.117. The van der Waals surface area contributed by atoms with Gasteiger partial charge in [0.1, 0.15) is 0 Å². The van der Waals surface area contributed by atoms with E-state index in [1.165, 1.54) is 17.3 Å². The third kappa shape index (κ3) is 4.79. The van der Waals surface area contributed by atoms with Gasteiger partial charge < -0.3 is 5.32 Å². The van der Waals surface area contributed by atoms with Crippen molar-refractivity contribution in [2.24, 2.45) is 0 Å². The molecule has 0 atom stereocenters. The van der Waals surface area contributed by atoms with Gasteiger partial charge in [-0.05, 0) is 54.0 Å². The summed E-state index contributed by atoms with van der Waals surface area (Å²) in [5.41, 5.74) is 3.13. The predicted octanol–water partition coefficient (Wildman–Crippen LogP) is 1.61. The van der Waals surface area contributed by atoms with E-state index in [1.807, 2.05) is 39.0 Å². The number of carbonyl (C=O) groups is 2. The van der Waals surface area contributed by atoms with E-state index < -0.39 is 11.9 Å². The quantitative estimate of drug-likeness (QED) is 0.769. The lowest BCUT2D eigenvalue weighted by Gasteiger charge is -2.07. The maximum Gasteiger partial charge on any atom is 0.321 e. The van der Waals surface area contributed by atoms with Crippen molar-refractivity contribution in [3.05, 3.63) is 29.3 Å². The van der Waals surface area contributed by atoms with Crippen LogP contribution in [0.15, 0.2) is 23.4 Å². The highest BCUT2D eigenvalue weighted by molar-refractivity contribution is 7.99. The van der Waals surface area contributed by atoms with E-state index in [9.17, 15) is 9.59 Å². The van der Waals surface area contributed by atoms with Gasteiger partial charge in [-0.1, -0.05) is 24.8 Å². The fraction of sp³-hybridized carbons (Fsp3) is 0.400. The molecule has 2 rings (SSSR count). The third-order valence-corrected chi connectivity index (χ3v) is 4.22. The van der Waals surface area contributed by atoms with E-state index in [-0.39, 0.29) is 5.75 Å². The molecule has 2 N–H and O–H groups in total. The van der Waals surface area contributed by atoms with Crippen molar-refractivity contribution in [1.29, 1.82) is 0 Å². The summed E-state index contributed by atoms with van der Waals surface area (Å²) in [5, 5.41) is 16.9. The number of benzene rings is 1. The van der Waals surface area contributed by atoms with Crippen LogP contribution in [0.4, 0.5) is 4.79 Å². The zero-order valence-corrected chi connectivity index (χ0v) is 14.7. The van der Waals surface area contributed by atoms with Crippen molar-refractivity contribution in [2.45, 2.75) is 32.3 Å². The molecule has 2 aromatic rings. The SMILES string of the molecule is CCCNC(=O)NC(=O)CSc1nnnn1-c1ccc(C)c(C)c1. The summed E-state index contributed by atoms with van der Waals surface area (Å²) in [6.07, 6.45) is 0.807. The molecule has 1 aromatic heterocycles. The Bertz CT molecular complexity index is 731. The van der Waals surface area contributed by atoms with Crippen LogP contribution >= 0.6 is 11.8 Å². The Labute approximate surface area is 144 Å². The molecule has 0 unspecified atom stereocenters. The van der Waals surface area contributed by atoms with Gasteiger partial charge in [0.25, 0.3) is 0 Å². The van der Waals surface area contributed by atoms with Crippen LogP contribution in [0.1, 0.15) is 24.5 Å². The van der Waals surface area contributed by atoms with Crippen molar-refractivity contribution < 1.29 is 9.59 Å². The molecule has 9 heteroatoms. The van der Waals surface area contributed by atoms with Crippen LogP contribution in [0.2, 0.25) is 0 Å². The van der Waals surface area contributed by atoms with Crippen molar-refractivity contribution in [2.75, 3.05) is 12.3 Å². The van der Waals surface area contributed by atoms with Crippen molar-refractivity contribution in [1.82, 2.24) is 30.8 Å². The largest absolute Gasteiger partial charge is 0.338 e. The highest BCUT2D eigenvalue weighted by Crippen LogP contribution is 2.19. The lowest BCUT2D eigenvalue weighted by atomic mass is 10.1. The number of nitrogens with zero attached hydrogens (tertiary/aromatic N) is 4. The Hall–Kier alpha value is -2.42. The molecule has 0 spiro atoms. The summed E-state index contributed by atoms with van der Waals surface area (Å²) in [5.74, 6) is -0.353. The molecular formula is C15H20N6O2S. The zero-order valence-electron chi connectivity index (χ0n) is 13.9. The molecule has 24 heavy (non-hydrogen) atoms. The van der Waals surface area contributed by atoms with E-state index in [0.29, 0.717) is 11.7 Å². The highest BCUT2D eigenvalue weighted by atomic mass is 32.2. The number of imide groups is 1. The number of aromatic nitrogens is 4. The molecule has 128 valence electrons. The summed E-state index contributed by atoms with van der Waals surface area (Å²) in [7, 11) is 0. The van der Waals surface area contributed by atoms with Crippen LogP contribution in [-0.2, 0) is 4.79 Å². The first-order chi connectivity index (χ1) is 11.5. The number of rotatable bonds is 6. The van der Waals surface area contributed by atoms with Gasteiger partial charge in [-0.15, -0.1) is 5.10 Å². The highest BCUT2D eigenvalue weighted by Gasteiger charge is 2.13. The molecule has 8 nitrogen and oxygen atoms in total. The first kappa shape index (κ1) is 17.9. The Kier molecular flexibility index (Phi) is 6.30. The minimum atomic E-state index is -0.490. The molecule has 0 bridgehead atoms. The lowest BCUT2D eigenvalue weighted by Crippen LogP contribution is -2.40. The predicted molar refractivity (Wildman–Crippen MR) is 91.2 cm³/mol. The molecule has 3 amide bonds. The number of carbonyl (C=O) groups excluding carboxylic acids is 2. The van der Waals surface area contributed by atoms with Gasteiger partial charge in [-0.3, -0.25) is 10.1 Å². The third-order valence-electron chi connectivity index (χ3n) is 3.30. The normalized spacial score (nSPS) is 10.5. The monoisotopic (exact) mass is 348 g/mol. The van der Waals surface area contributed by atoms with E-state index in [4.69, 9.17) is 0 Å². The Morgan fingerprint density at radius 1 is 1.25 bits per heavy atom. The van der Waals surface area contributed by atoms with E-state index >= 15 is 0 Å². The molecular weight excluding hydrogens is 328 g/mol. The maximum absolute atomic E-state index is 11.8. The minimum absolute atomic E-state index is 0.0464. The van der Waals surface area contributed by atoms with Crippen molar-refractivity contribution in [3.63, 3.8) is 0 Å². The van der Waals surface area contributed by atoms with Gasteiger partial charge in [0.15, 0.2) is 0 Å². The standard InChI is InChI=1S/C15H20N6O2S/c1-4-7-16-14(23)17-13(22)9-24-15-18-19-20-21(15)12-6-5-10(2)11(3)8-12/h5-6,8H,4,7,9H2,1-3H3,(H2,16,17,22,23). The van der Waals surface area contributed by atoms with Gasteiger partial charge in [-0.25, -0.2) is 4.79 Å². The van der Waals surface area contributed by atoms with Crippen LogP contribution in [0.5, 0.6) is 0 Å². The summed E-state index contributed by atoms with van der Waals surface area (Å²) >= 11 is 1.17. The molecule has 0 aliphatic carbocycles. The van der Waals surface area contributed by atoms with Crippen LogP contribution in [0.25, 0.3) is 5.69 Å². The van der Waals surface area contributed by atoms with Crippen molar-refractivity contribution in [3.8, 4) is 5.69 Å². The van der Waals surface area contributed by atoms with Crippen LogP contribution in [0, 0.1) is 13.8 Å². The number of thioether (sulfide) groups is 1. The summed E-state index contributed by atoms with van der Waals surface area (Å²) in [6, 6.07) is 5.40. The molecule has 0 fully saturated rings. The zero-order chi connectivity index (χ0) is 17.5. The summed E-state index contributed by atoms with van der Waals surface area (Å²) in [6.45, 7) is 6.50. The van der Waals surface area contributed by atoms with E-state index in [1.54, 1.807) is 4.68 Å². The fourth-order valence-electron chi connectivity index (χ4n) is 1.86. The molecule has 0 aliphatic rings. The second-order valence-electron chi connectivity index (χ2n) is 5.23. The van der Waals surface area contributed by atoms with Crippen LogP contribution < -0.4 is 10.6 Å². The number of amides is 3. The van der Waals surface area contributed by atoms with Crippen LogP contribution in [0.3, 0.4) is 0 Å². The molecule has 0 saturated heterocycles. The number of aryl methyl sites for hydroxylation is 2.